The number of aromatic nitrogens is 2. The minimum Gasteiger partial charge on any atom is -0.404 e. The molecule has 10 heteroatoms. The summed E-state index contributed by atoms with van der Waals surface area (Å²) in [4.78, 5) is 13.0. The highest BCUT2D eigenvalue weighted by atomic mass is 32.2. The van der Waals surface area contributed by atoms with Gasteiger partial charge in [0.2, 0.25) is 5.88 Å². The van der Waals surface area contributed by atoms with Crippen molar-refractivity contribution >= 4 is 33.3 Å². The minimum absolute atomic E-state index is 0.141. The highest BCUT2D eigenvalue weighted by molar-refractivity contribution is 7.97. The van der Waals surface area contributed by atoms with Crippen LogP contribution < -0.4 is 10.1 Å². The quantitative estimate of drug-likeness (QED) is 0.456. The number of benzene rings is 1. The van der Waals surface area contributed by atoms with Crippen LogP contribution >= 0.6 is 11.8 Å². The summed E-state index contributed by atoms with van der Waals surface area (Å²) in [6.45, 7) is 3.25. The molecular formula is C18H25N3O5S2. The molecule has 154 valence electrons. The Bertz CT molecular complexity index is 925. The van der Waals surface area contributed by atoms with E-state index in [9.17, 15) is 13.2 Å². The summed E-state index contributed by atoms with van der Waals surface area (Å²) in [5.74, 6) is 0.216. The molecule has 1 heterocycles. The van der Waals surface area contributed by atoms with Gasteiger partial charge in [-0.25, -0.2) is 17.9 Å². The molecule has 1 aromatic carbocycles. The van der Waals surface area contributed by atoms with E-state index in [1.807, 2.05) is 13.2 Å². The number of thioether (sulfide) groups is 1. The van der Waals surface area contributed by atoms with Gasteiger partial charge in [0.15, 0.2) is 9.84 Å². The molecule has 0 radical (unpaired) electrons. The topological polar surface area (TPSA) is 99.5 Å². The summed E-state index contributed by atoms with van der Waals surface area (Å²) in [5.41, 5.74) is 1.30. The molecule has 0 aliphatic carbocycles. The number of nitrogens with one attached hydrogen (secondary N) is 1. The fourth-order valence-corrected chi connectivity index (χ4v) is 4.16. The third-order valence-electron chi connectivity index (χ3n) is 3.97. The van der Waals surface area contributed by atoms with E-state index in [1.165, 1.54) is 23.9 Å². The summed E-state index contributed by atoms with van der Waals surface area (Å²) in [5, 5.41) is 7.19. The number of carbonyl (C=O) groups excluding carboxylic acids is 1. The molecule has 0 amide bonds. The maximum Gasteiger partial charge on any atom is 0.345 e. The van der Waals surface area contributed by atoms with E-state index in [4.69, 9.17) is 9.47 Å². The van der Waals surface area contributed by atoms with Crippen molar-refractivity contribution in [1.82, 2.24) is 9.78 Å². The molecule has 0 unspecified atom stereocenters. The van der Waals surface area contributed by atoms with Gasteiger partial charge in [-0.2, -0.15) is 16.9 Å². The van der Waals surface area contributed by atoms with Crippen LogP contribution in [0.4, 0.5) is 5.69 Å². The van der Waals surface area contributed by atoms with E-state index in [1.54, 1.807) is 24.1 Å². The van der Waals surface area contributed by atoms with Crippen LogP contribution in [0.5, 0.6) is 5.88 Å². The number of aryl methyl sites for hydroxylation is 1. The van der Waals surface area contributed by atoms with Gasteiger partial charge in [0.05, 0.1) is 29.0 Å². The van der Waals surface area contributed by atoms with Crippen molar-refractivity contribution in [2.24, 2.45) is 0 Å². The van der Waals surface area contributed by atoms with Crippen LogP contribution in [-0.2, 0) is 26.9 Å². The first-order valence-electron chi connectivity index (χ1n) is 8.65. The van der Waals surface area contributed by atoms with Crippen LogP contribution in [0.15, 0.2) is 29.3 Å². The zero-order valence-corrected chi connectivity index (χ0v) is 18.0. The second kappa shape index (κ2) is 9.94. The largest absolute Gasteiger partial charge is 0.404 e. The van der Waals surface area contributed by atoms with E-state index in [0.717, 1.165) is 6.26 Å². The van der Waals surface area contributed by atoms with E-state index >= 15 is 0 Å². The van der Waals surface area contributed by atoms with Crippen molar-refractivity contribution < 1.29 is 22.7 Å². The van der Waals surface area contributed by atoms with E-state index in [2.05, 4.69) is 10.4 Å². The lowest BCUT2D eigenvalue weighted by molar-refractivity contribution is 0.0717. The van der Waals surface area contributed by atoms with Crippen LogP contribution in [0.2, 0.25) is 0 Å². The molecule has 0 saturated heterocycles. The molecule has 0 aliphatic heterocycles. The first kappa shape index (κ1) is 22.3. The maximum absolute atomic E-state index is 12.8. The number of esters is 1. The van der Waals surface area contributed by atoms with Gasteiger partial charge in [-0.3, -0.25) is 0 Å². The number of hydrogen-bond donors (Lipinski definition) is 1. The van der Waals surface area contributed by atoms with Crippen LogP contribution in [0.1, 0.15) is 22.8 Å². The third kappa shape index (κ3) is 5.27. The smallest absolute Gasteiger partial charge is 0.345 e. The number of nitrogens with zero attached hydrogens (tertiary/aromatic N) is 2. The molecule has 28 heavy (non-hydrogen) atoms. The Morgan fingerprint density at radius 3 is 2.68 bits per heavy atom. The van der Waals surface area contributed by atoms with Gasteiger partial charge in [0, 0.05) is 43.8 Å². The van der Waals surface area contributed by atoms with E-state index < -0.39 is 15.8 Å². The highest BCUT2D eigenvalue weighted by Gasteiger charge is 2.24. The SMILES string of the molecule is CCn1nccc1OC(=O)c1ccc(S(C)(=O)=O)c(NCCOC)c1CSC. The van der Waals surface area contributed by atoms with E-state index in [-0.39, 0.29) is 4.90 Å². The Kier molecular flexibility index (Phi) is 7.90. The Balaban J connectivity index is 2.50. The second-order valence-corrected chi connectivity index (χ2v) is 8.81. The lowest BCUT2D eigenvalue weighted by Gasteiger charge is -2.18. The number of ether oxygens (including phenoxy) is 2. The van der Waals surface area contributed by atoms with Crippen LogP contribution in [-0.4, -0.2) is 56.9 Å². The lowest BCUT2D eigenvalue weighted by atomic mass is 10.1. The molecule has 2 rings (SSSR count). The van der Waals surface area contributed by atoms with E-state index in [0.29, 0.717) is 48.1 Å². The molecule has 8 nitrogen and oxygen atoms in total. The summed E-state index contributed by atoms with van der Waals surface area (Å²) in [6, 6.07) is 4.54. The maximum atomic E-state index is 12.8. The first-order valence-corrected chi connectivity index (χ1v) is 11.9. The zero-order valence-electron chi connectivity index (χ0n) is 16.4. The van der Waals surface area contributed by atoms with Gasteiger partial charge in [0.1, 0.15) is 0 Å². The Morgan fingerprint density at radius 1 is 1.32 bits per heavy atom. The van der Waals surface area contributed by atoms with Gasteiger partial charge >= 0.3 is 5.97 Å². The molecule has 0 bridgehead atoms. The van der Waals surface area contributed by atoms with Crippen LogP contribution in [0.25, 0.3) is 0 Å². The summed E-state index contributed by atoms with van der Waals surface area (Å²) >= 11 is 1.48. The monoisotopic (exact) mass is 427 g/mol. The number of hydrogen-bond acceptors (Lipinski definition) is 8. The number of anilines is 1. The average molecular weight is 428 g/mol. The standard InChI is InChI=1S/C18H25N3O5S2/c1-5-21-16(8-9-20-21)26-18(22)13-6-7-15(28(4,23)24)17(14(13)12-27-3)19-10-11-25-2/h6-9,19H,5,10-12H2,1-4H3. The number of sulfone groups is 1. The Hall–Kier alpha value is -2.04. The molecule has 0 spiro atoms. The Morgan fingerprint density at radius 2 is 2.07 bits per heavy atom. The molecule has 0 fully saturated rings. The van der Waals surface area contributed by atoms with Gasteiger partial charge < -0.3 is 14.8 Å². The zero-order chi connectivity index (χ0) is 20.7. The molecule has 0 atom stereocenters. The van der Waals surface area contributed by atoms with Gasteiger partial charge in [-0.05, 0) is 25.3 Å². The molecule has 1 N–H and O–H groups in total. The summed E-state index contributed by atoms with van der Waals surface area (Å²) < 4.78 is 36.6. The fraction of sp³-hybridized carbons (Fsp3) is 0.444. The summed E-state index contributed by atoms with van der Waals surface area (Å²) in [6.07, 6.45) is 4.58. The van der Waals surface area contributed by atoms with Gasteiger partial charge in [-0.1, -0.05) is 0 Å². The normalized spacial score (nSPS) is 11.4. The Labute approximate surface area is 169 Å². The highest BCUT2D eigenvalue weighted by Crippen LogP contribution is 2.32. The van der Waals surface area contributed by atoms with Gasteiger partial charge in [-0.15, -0.1) is 0 Å². The first-order chi connectivity index (χ1) is 13.3. The van der Waals surface area contributed by atoms with Crippen molar-refractivity contribution in [3.8, 4) is 5.88 Å². The van der Waals surface area contributed by atoms with Crippen LogP contribution in [0, 0.1) is 0 Å². The molecule has 1 aromatic heterocycles. The van der Waals surface area contributed by atoms with Crippen molar-refractivity contribution in [1.29, 1.82) is 0 Å². The number of carbonyl (C=O) groups is 1. The lowest BCUT2D eigenvalue weighted by Crippen LogP contribution is -2.18. The second-order valence-electron chi connectivity index (χ2n) is 5.96. The molecule has 0 saturated carbocycles. The molecular weight excluding hydrogens is 402 g/mol. The molecule has 2 aromatic rings. The number of rotatable bonds is 10. The third-order valence-corrected chi connectivity index (χ3v) is 5.68. The number of methoxy groups -OCH3 is 1. The van der Waals surface area contributed by atoms with Crippen LogP contribution in [0.3, 0.4) is 0 Å². The fourth-order valence-electron chi connectivity index (χ4n) is 2.69. The predicted octanol–water partition coefficient (Wildman–Crippen LogP) is 2.45. The predicted molar refractivity (Wildman–Crippen MR) is 110 cm³/mol. The van der Waals surface area contributed by atoms with Crippen molar-refractivity contribution in [2.45, 2.75) is 24.1 Å². The minimum atomic E-state index is -3.49. The van der Waals surface area contributed by atoms with Crippen molar-refractivity contribution in [3.05, 3.63) is 35.5 Å². The summed E-state index contributed by atoms with van der Waals surface area (Å²) in [7, 11) is -1.93. The average Bonchev–Trinajstić information content (AvgIpc) is 3.09. The molecule has 0 aliphatic rings. The van der Waals surface area contributed by atoms with Gasteiger partial charge in [0.25, 0.3) is 0 Å². The van der Waals surface area contributed by atoms with Crippen molar-refractivity contribution in [2.75, 3.05) is 38.1 Å². The van der Waals surface area contributed by atoms with Crippen molar-refractivity contribution in [3.63, 3.8) is 0 Å².